The van der Waals surface area contributed by atoms with Gasteiger partial charge < -0.3 is 60.3 Å². The fraction of sp³-hybridized carbons (Fsp3) is 0.389. The SMILES string of the molecule is CN(C)C/C=C/C(=O)Nc1ccc(CN(C(=O)OC(C)(C)C)[C@H]2CCC[C@@H](Nc3ncc(Cl)c(-c4c[nH]c5ccccc45)n3)C2)cc1.CN(C)C/C=C/C(=O)Nc1ccc(CN(C(=O)OC(C)(C)C)[C@H]2CCC[C@@H](Nc3ncc(Cl)c(-c4c[nH]c5ccccc45)n3)C2)cc1. The van der Waals surface area contributed by atoms with E-state index >= 15 is 0 Å². The van der Waals surface area contributed by atoms with Crippen LogP contribution in [0.5, 0.6) is 0 Å². The number of anilines is 4. The summed E-state index contributed by atoms with van der Waals surface area (Å²) in [6.45, 7) is 13.4. The van der Waals surface area contributed by atoms with Gasteiger partial charge >= 0.3 is 12.2 Å². The highest BCUT2D eigenvalue weighted by molar-refractivity contribution is 6.33. The molecule has 6 N–H and O–H groups in total. The maximum atomic E-state index is 13.6. The number of halogens is 2. The fourth-order valence-electron chi connectivity index (χ4n) is 11.5. The molecule has 0 unspecified atom stereocenters. The second-order valence-corrected chi connectivity index (χ2v) is 27.3. The first-order valence-corrected chi connectivity index (χ1v) is 32.8. The van der Waals surface area contributed by atoms with Gasteiger partial charge in [0.25, 0.3) is 0 Å². The highest BCUT2D eigenvalue weighted by atomic mass is 35.5. The zero-order chi connectivity index (χ0) is 67.1. The third kappa shape index (κ3) is 20.1. The van der Waals surface area contributed by atoms with Gasteiger partial charge in [-0.2, -0.15) is 0 Å². The molecule has 4 amide bonds. The Labute approximate surface area is 561 Å². The smallest absolute Gasteiger partial charge is 0.410 e. The molecular weight excluding hydrogens is 1230 g/mol. The molecule has 0 aliphatic heterocycles. The van der Waals surface area contributed by atoms with E-state index in [1.165, 1.54) is 12.2 Å². The van der Waals surface area contributed by atoms with Crippen LogP contribution in [-0.2, 0) is 32.2 Å². The molecule has 4 atom stereocenters. The number of carbonyl (C=O) groups excluding carboxylic acids is 4. The van der Waals surface area contributed by atoms with Crippen LogP contribution in [0.2, 0.25) is 10.0 Å². The Morgan fingerprint density at radius 3 is 1.31 bits per heavy atom. The van der Waals surface area contributed by atoms with Crippen LogP contribution in [0.1, 0.15) is 104 Å². The quantitative estimate of drug-likeness (QED) is 0.0390. The minimum atomic E-state index is -0.633. The van der Waals surface area contributed by atoms with E-state index in [1.807, 2.05) is 211 Å². The number of rotatable bonds is 20. The third-order valence-electron chi connectivity index (χ3n) is 15.9. The number of nitrogens with zero attached hydrogens (tertiary/aromatic N) is 8. The van der Waals surface area contributed by atoms with Crippen LogP contribution in [-0.4, -0.2) is 150 Å². The lowest BCUT2D eigenvalue weighted by Gasteiger charge is -2.38. The van der Waals surface area contributed by atoms with E-state index in [1.54, 1.807) is 12.4 Å². The van der Waals surface area contributed by atoms with Gasteiger partial charge in [0.05, 0.1) is 33.8 Å². The highest BCUT2D eigenvalue weighted by Crippen LogP contribution is 2.36. The molecule has 4 aromatic heterocycles. The molecule has 0 radical (unpaired) electrons. The van der Waals surface area contributed by atoms with Crippen LogP contribution in [0.4, 0.5) is 32.9 Å². The average molecular weight is 1320 g/mol. The molecule has 94 heavy (non-hydrogen) atoms. The van der Waals surface area contributed by atoms with E-state index in [0.29, 0.717) is 83.7 Å². The van der Waals surface area contributed by atoms with Crippen LogP contribution in [0.25, 0.3) is 44.3 Å². The van der Waals surface area contributed by atoms with Crippen LogP contribution in [0.3, 0.4) is 0 Å². The summed E-state index contributed by atoms with van der Waals surface area (Å²) in [6, 6.07) is 31.2. The second kappa shape index (κ2) is 31.9. The monoisotopic (exact) mass is 1310 g/mol. The molecule has 0 bridgehead atoms. The van der Waals surface area contributed by atoms with Gasteiger partial charge in [-0.25, -0.2) is 29.5 Å². The minimum absolute atomic E-state index is 0.0498. The molecule has 2 aliphatic carbocycles. The Kier molecular flexibility index (Phi) is 23.6. The fourth-order valence-corrected chi connectivity index (χ4v) is 11.9. The number of benzene rings is 4. The number of carbonyl (C=O) groups is 4. The van der Waals surface area contributed by atoms with Gasteiger partial charge in [-0.05, 0) is 169 Å². The molecule has 10 rings (SSSR count). The lowest BCUT2D eigenvalue weighted by Crippen LogP contribution is -2.46. The van der Waals surface area contributed by atoms with Crippen LogP contribution >= 0.6 is 23.2 Å². The Balaban J connectivity index is 0.000000221. The van der Waals surface area contributed by atoms with Crippen molar-refractivity contribution in [3.8, 4) is 22.5 Å². The molecule has 4 heterocycles. The topological polar surface area (TPSA) is 231 Å². The van der Waals surface area contributed by atoms with Gasteiger partial charge in [0.1, 0.15) is 11.2 Å². The van der Waals surface area contributed by atoms with Crippen LogP contribution in [0, 0.1) is 0 Å². The van der Waals surface area contributed by atoms with Gasteiger partial charge in [-0.3, -0.25) is 9.59 Å². The summed E-state index contributed by atoms with van der Waals surface area (Å²) in [4.78, 5) is 84.5. The molecule has 22 heteroatoms. The molecule has 20 nitrogen and oxygen atoms in total. The van der Waals surface area contributed by atoms with E-state index in [-0.39, 0.29) is 48.2 Å². The number of para-hydroxylation sites is 2. The molecule has 0 saturated heterocycles. The number of likely N-dealkylation sites (N-methyl/N-ethyl adjacent to an activating group) is 2. The Hall–Kier alpha value is -8.82. The van der Waals surface area contributed by atoms with Gasteiger partial charge in [-0.15, -0.1) is 0 Å². The van der Waals surface area contributed by atoms with Crippen molar-refractivity contribution in [2.75, 3.05) is 62.5 Å². The third-order valence-corrected chi connectivity index (χ3v) is 16.5. The first-order chi connectivity index (χ1) is 44.9. The van der Waals surface area contributed by atoms with Crippen molar-refractivity contribution in [1.82, 2.24) is 49.5 Å². The normalized spacial score (nSPS) is 16.8. The van der Waals surface area contributed by atoms with E-state index in [0.717, 1.165) is 82.6 Å². The van der Waals surface area contributed by atoms with Crippen LogP contribution < -0.4 is 21.3 Å². The van der Waals surface area contributed by atoms with E-state index < -0.39 is 11.2 Å². The van der Waals surface area contributed by atoms with Gasteiger partial charge in [0, 0.05) is 119 Å². The summed E-state index contributed by atoms with van der Waals surface area (Å²) < 4.78 is 11.7. The number of hydrogen-bond acceptors (Lipinski definition) is 14. The van der Waals surface area contributed by atoms with Crippen molar-refractivity contribution in [2.45, 2.75) is 141 Å². The molecule has 4 aromatic carbocycles. The number of aromatic amines is 2. The maximum absolute atomic E-state index is 13.6. The summed E-state index contributed by atoms with van der Waals surface area (Å²) in [7, 11) is 7.78. The number of aromatic nitrogens is 6. The maximum Gasteiger partial charge on any atom is 0.410 e. The van der Waals surface area contributed by atoms with Crippen molar-refractivity contribution in [3.05, 3.63) is 167 Å². The standard InChI is InChI=1S/2C36H44ClN7O3/c2*1-36(2,3)47-35(46)44(23-24-15-17-25(18-16-24)40-32(45)14-9-19-43(4)5)27-11-8-10-26(20-27)41-34-39-22-30(37)33(42-34)29-21-38-31-13-7-6-12-28(29)31/h2*6-7,9,12-18,21-22,26-27,38H,8,10-11,19-20,23H2,1-5H3,(H,40,45)(H,39,41,42)/b2*14-9+/t2*26-,27+/m11/s1. The molecular formula is C72H88Cl2N14O6. The van der Waals surface area contributed by atoms with Gasteiger partial charge in [0.15, 0.2) is 0 Å². The number of H-pyrrole nitrogens is 2. The van der Waals surface area contributed by atoms with Gasteiger partial charge in [-0.1, -0.05) is 96.0 Å². The zero-order valence-corrected chi connectivity index (χ0v) is 56.9. The van der Waals surface area contributed by atoms with E-state index in [9.17, 15) is 19.2 Å². The predicted octanol–water partition coefficient (Wildman–Crippen LogP) is 15.0. The van der Waals surface area contributed by atoms with Crippen molar-refractivity contribution < 1.29 is 28.7 Å². The van der Waals surface area contributed by atoms with E-state index in [2.05, 4.69) is 41.2 Å². The van der Waals surface area contributed by atoms with E-state index in [4.69, 9.17) is 42.6 Å². The lowest BCUT2D eigenvalue weighted by molar-refractivity contribution is -0.112. The number of nitrogens with one attached hydrogen (secondary N) is 6. The average Bonchev–Trinajstić information content (AvgIpc) is 1.59. The summed E-state index contributed by atoms with van der Waals surface area (Å²) in [5.74, 6) is 0.625. The number of hydrogen-bond donors (Lipinski definition) is 6. The molecule has 2 aliphatic rings. The predicted molar refractivity (Wildman–Crippen MR) is 377 cm³/mol. The number of ether oxygens (including phenoxy) is 2. The Morgan fingerprint density at radius 1 is 0.553 bits per heavy atom. The Morgan fingerprint density at radius 2 is 0.936 bits per heavy atom. The zero-order valence-electron chi connectivity index (χ0n) is 55.4. The largest absolute Gasteiger partial charge is 0.444 e. The van der Waals surface area contributed by atoms with Crippen LogP contribution in [0.15, 0.2) is 146 Å². The number of amides is 4. The first kappa shape index (κ1) is 69.5. The molecule has 2 saturated carbocycles. The summed E-state index contributed by atoms with van der Waals surface area (Å²) in [6.07, 6.45) is 19.9. The molecule has 0 spiro atoms. The minimum Gasteiger partial charge on any atom is -0.444 e. The summed E-state index contributed by atoms with van der Waals surface area (Å²) in [5, 5.41) is 15.9. The van der Waals surface area contributed by atoms with Crippen molar-refractivity contribution in [3.63, 3.8) is 0 Å². The van der Waals surface area contributed by atoms with Crippen molar-refractivity contribution in [2.24, 2.45) is 0 Å². The van der Waals surface area contributed by atoms with Gasteiger partial charge in [0.2, 0.25) is 23.7 Å². The first-order valence-electron chi connectivity index (χ1n) is 32.0. The Bertz CT molecular complexity index is 3680. The summed E-state index contributed by atoms with van der Waals surface area (Å²) >= 11 is 13.2. The van der Waals surface area contributed by atoms with Crippen molar-refractivity contribution >= 4 is 92.3 Å². The van der Waals surface area contributed by atoms with Crippen molar-refractivity contribution in [1.29, 1.82) is 0 Å². The highest BCUT2D eigenvalue weighted by Gasteiger charge is 2.35. The molecule has 8 aromatic rings. The molecule has 496 valence electrons. The summed E-state index contributed by atoms with van der Waals surface area (Å²) in [5.41, 5.74) is 7.17. The molecule has 2 fully saturated rings. The number of fused-ring (bicyclic) bond motifs is 2. The lowest BCUT2D eigenvalue weighted by atomic mass is 9.90. The second-order valence-electron chi connectivity index (χ2n) is 26.5.